The Morgan fingerprint density at radius 3 is 0.750 bits per heavy atom. The second-order valence-corrected chi connectivity index (χ2v) is 0.575. The summed E-state index contributed by atoms with van der Waals surface area (Å²) in [6.07, 6.45) is 0. The summed E-state index contributed by atoms with van der Waals surface area (Å²) >= 11 is 0. The predicted octanol–water partition coefficient (Wildman–Crippen LogP) is -7.64. The molecule has 0 radical (unpaired) electrons. The minimum atomic E-state index is -2.19. The third kappa shape index (κ3) is 54.7. The molecular formula is C2H10O9Sc+. The molecule has 0 aromatic heterocycles. The SMILES string of the molecule is O.O.O.O.O.O=C([O-])C(=O)[O-].[Sc+3]. The first-order valence-electron chi connectivity index (χ1n) is 1.07. The van der Waals surface area contributed by atoms with Gasteiger partial charge in [0.2, 0.25) is 0 Å². The Morgan fingerprint density at radius 1 is 0.667 bits per heavy atom. The van der Waals surface area contributed by atoms with Crippen LogP contribution in [0.25, 0.3) is 0 Å². The fourth-order valence-electron chi connectivity index (χ4n) is 0. The van der Waals surface area contributed by atoms with E-state index in [1.807, 2.05) is 0 Å². The van der Waals surface area contributed by atoms with Crippen molar-refractivity contribution >= 4 is 11.9 Å². The topological polar surface area (TPSA) is 238 Å². The van der Waals surface area contributed by atoms with Crippen molar-refractivity contribution in [2.75, 3.05) is 0 Å². The fraction of sp³-hybridized carbons (Fsp3) is 0. The zero-order chi connectivity index (χ0) is 5.15. The van der Waals surface area contributed by atoms with Gasteiger partial charge in [-0.15, -0.1) is 0 Å². The Balaban J connectivity index is -0.00000000833. The first kappa shape index (κ1) is 61.5. The van der Waals surface area contributed by atoms with Crippen molar-refractivity contribution in [3.63, 3.8) is 0 Å². The van der Waals surface area contributed by atoms with E-state index in [9.17, 15) is 0 Å². The minimum Gasteiger partial charge on any atom is -0.543 e. The predicted molar refractivity (Wildman–Crippen MR) is 28.1 cm³/mol. The van der Waals surface area contributed by atoms with Crippen LogP contribution in [0.4, 0.5) is 0 Å². The van der Waals surface area contributed by atoms with Gasteiger partial charge >= 0.3 is 25.8 Å². The zero-order valence-corrected chi connectivity index (χ0v) is 7.51. The molecule has 10 N–H and O–H groups in total. The monoisotopic (exact) mass is 223 g/mol. The van der Waals surface area contributed by atoms with Gasteiger partial charge in [0.15, 0.2) is 0 Å². The maximum absolute atomic E-state index is 8.93. The molecule has 0 unspecified atom stereocenters. The Bertz CT molecular complexity index is 78.5. The summed E-state index contributed by atoms with van der Waals surface area (Å²) in [5.74, 6) is -4.37. The van der Waals surface area contributed by atoms with Crippen molar-refractivity contribution in [3.8, 4) is 0 Å². The van der Waals surface area contributed by atoms with Crippen LogP contribution in [0.1, 0.15) is 0 Å². The van der Waals surface area contributed by atoms with Gasteiger partial charge in [-0.1, -0.05) is 0 Å². The summed E-state index contributed by atoms with van der Waals surface area (Å²) in [6, 6.07) is 0. The van der Waals surface area contributed by atoms with Gasteiger partial charge in [-0.25, -0.2) is 0 Å². The molecule has 0 aromatic carbocycles. The number of hydrogen-bond acceptors (Lipinski definition) is 4. The zero-order valence-electron chi connectivity index (χ0n) is 5.71. The van der Waals surface area contributed by atoms with Crippen LogP contribution in [-0.2, 0) is 35.4 Å². The molecular weight excluding hydrogens is 213 g/mol. The first-order valence-corrected chi connectivity index (χ1v) is 1.07. The summed E-state index contributed by atoms with van der Waals surface area (Å²) < 4.78 is 0. The molecule has 0 aliphatic rings. The van der Waals surface area contributed by atoms with Crippen LogP contribution >= 0.6 is 0 Å². The van der Waals surface area contributed by atoms with Crippen molar-refractivity contribution < 1.29 is 73.0 Å². The molecule has 0 spiro atoms. The number of hydrogen-bond donors (Lipinski definition) is 0. The Labute approximate surface area is 85.3 Å². The Morgan fingerprint density at radius 2 is 0.750 bits per heavy atom. The van der Waals surface area contributed by atoms with Crippen LogP contribution in [-0.4, -0.2) is 39.3 Å². The standard InChI is InChI=1S/C2H2O4.5H2O.Sc/c3-1(4)2(5)6;;;;;;/h(H,3,4)(H,5,6);5*1H2;/q;;;;;;+3/p-2. The maximum Gasteiger partial charge on any atom is 3.00 e. The molecule has 0 saturated carbocycles. The summed E-state index contributed by atoms with van der Waals surface area (Å²) in [5, 5.41) is 17.9. The molecule has 9 nitrogen and oxygen atoms in total. The molecule has 0 saturated heterocycles. The third-order valence-corrected chi connectivity index (χ3v) is 0.167. The molecule has 10 heteroatoms. The number of carboxylic acid groups (broad SMARTS) is 2. The van der Waals surface area contributed by atoms with Crippen LogP contribution in [0.5, 0.6) is 0 Å². The number of rotatable bonds is 0. The van der Waals surface area contributed by atoms with Gasteiger partial charge in [-0.3, -0.25) is 0 Å². The summed E-state index contributed by atoms with van der Waals surface area (Å²) in [6.45, 7) is 0. The quantitative estimate of drug-likeness (QED) is 0.363. The van der Waals surface area contributed by atoms with Crippen LogP contribution in [0.15, 0.2) is 0 Å². The van der Waals surface area contributed by atoms with E-state index in [0.29, 0.717) is 0 Å². The first-order chi connectivity index (χ1) is 2.64. The molecule has 74 valence electrons. The van der Waals surface area contributed by atoms with Crippen LogP contribution in [0.3, 0.4) is 0 Å². The minimum absolute atomic E-state index is 0. The Hall–Kier alpha value is -0.390. The largest absolute Gasteiger partial charge is 3.00 e. The Kier molecular flexibility index (Phi) is 160. The van der Waals surface area contributed by atoms with E-state index < -0.39 is 11.9 Å². The molecule has 0 bridgehead atoms. The van der Waals surface area contributed by atoms with Crippen LogP contribution < -0.4 is 10.2 Å². The van der Waals surface area contributed by atoms with Gasteiger partial charge < -0.3 is 47.2 Å². The van der Waals surface area contributed by atoms with E-state index in [4.69, 9.17) is 19.8 Å². The van der Waals surface area contributed by atoms with Crippen molar-refractivity contribution in [2.24, 2.45) is 0 Å². The van der Waals surface area contributed by atoms with Gasteiger partial charge in [0.1, 0.15) is 0 Å². The molecule has 0 aromatic rings. The van der Waals surface area contributed by atoms with E-state index in [0.717, 1.165) is 0 Å². The van der Waals surface area contributed by atoms with E-state index in [1.54, 1.807) is 0 Å². The number of carbonyl (C=O) groups is 2. The number of carboxylic acids is 2. The molecule has 0 fully saturated rings. The average molecular weight is 223 g/mol. The molecule has 0 amide bonds. The molecule has 0 heterocycles. The molecule has 0 rings (SSSR count). The molecule has 0 atom stereocenters. The smallest absolute Gasteiger partial charge is 0.543 e. The molecule has 0 aliphatic heterocycles. The van der Waals surface area contributed by atoms with Crippen molar-refractivity contribution in [1.29, 1.82) is 0 Å². The van der Waals surface area contributed by atoms with Gasteiger partial charge in [0, 0.05) is 0 Å². The van der Waals surface area contributed by atoms with Crippen molar-refractivity contribution in [2.45, 2.75) is 0 Å². The summed E-state index contributed by atoms with van der Waals surface area (Å²) in [4.78, 5) is 17.9. The maximum atomic E-state index is 8.93. The van der Waals surface area contributed by atoms with Crippen molar-refractivity contribution in [3.05, 3.63) is 0 Å². The van der Waals surface area contributed by atoms with Gasteiger partial charge in [-0.05, 0) is 0 Å². The number of aliphatic carboxylic acids is 2. The van der Waals surface area contributed by atoms with E-state index >= 15 is 0 Å². The third-order valence-electron chi connectivity index (χ3n) is 0.167. The molecule has 12 heavy (non-hydrogen) atoms. The van der Waals surface area contributed by atoms with Crippen molar-refractivity contribution in [1.82, 2.24) is 0 Å². The van der Waals surface area contributed by atoms with Crippen LogP contribution in [0.2, 0.25) is 0 Å². The average Bonchev–Trinajstić information content (AvgIpc) is 1.36. The number of carbonyl (C=O) groups excluding carboxylic acids is 2. The van der Waals surface area contributed by atoms with Gasteiger partial charge in [-0.2, -0.15) is 0 Å². The van der Waals surface area contributed by atoms with Gasteiger partial charge in [0.05, 0.1) is 11.9 Å². The van der Waals surface area contributed by atoms with Gasteiger partial charge in [0.25, 0.3) is 0 Å². The fourth-order valence-corrected chi connectivity index (χ4v) is 0. The second-order valence-electron chi connectivity index (χ2n) is 0.575. The van der Waals surface area contributed by atoms with E-state index in [1.165, 1.54) is 0 Å². The summed E-state index contributed by atoms with van der Waals surface area (Å²) in [5.41, 5.74) is 0. The second kappa shape index (κ2) is 31.1. The van der Waals surface area contributed by atoms with E-state index in [-0.39, 0.29) is 53.2 Å². The molecule has 0 aliphatic carbocycles. The van der Waals surface area contributed by atoms with Crippen LogP contribution in [0, 0.1) is 0 Å². The van der Waals surface area contributed by atoms with E-state index in [2.05, 4.69) is 0 Å². The normalized spacial score (nSPS) is 3.67. The summed E-state index contributed by atoms with van der Waals surface area (Å²) in [7, 11) is 0.